The summed E-state index contributed by atoms with van der Waals surface area (Å²) in [6, 6.07) is 9.10. The van der Waals surface area contributed by atoms with Crippen molar-refractivity contribution >= 4 is 39.4 Å². The van der Waals surface area contributed by atoms with Crippen molar-refractivity contribution in [3.05, 3.63) is 41.1 Å². The minimum Gasteiger partial charge on any atom is -0.363 e. The Hall–Kier alpha value is -2.33. The van der Waals surface area contributed by atoms with E-state index in [1.54, 1.807) is 6.07 Å². The molecule has 8 nitrogen and oxygen atoms in total. The van der Waals surface area contributed by atoms with Gasteiger partial charge in [-0.2, -0.15) is 0 Å². The molecule has 2 aromatic heterocycles. The topological polar surface area (TPSA) is 112 Å². The molecule has 0 spiro atoms. The van der Waals surface area contributed by atoms with E-state index in [-0.39, 0.29) is 11.7 Å². The molecule has 0 unspecified atom stereocenters. The number of carbonyl (C=O) groups is 1. The Morgan fingerprint density at radius 1 is 1.35 bits per heavy atom. The fourth-order valence-electron chi connectivity index (χ4n) is 1.79. The maximum Gasteiger partial charge on any atom is 0.236 e. The van der Waals surface area contributed by atoms with Crippen molar-refractivity contribution in [3.63, 3.8) is 0 Å². The summed E-state index contributed by atoms with van der Waals surface area (Å²) in [7, 11) is 0. The lowest BCUT2D eigenvalue weighted by molar-refractivity contribution is -0.113. The van der Waals surface area contributed by atoms with Crippen molar-refractivity contribution in [1.29, 1.82) is 0 Å². The molecule has 2 heterocycles. The maximum atomic E-state index is 11.8. The SMILES string of the molecule is Nn1c(SCC(=O)Nc2ccon2)nnc1-c1ccccc1Br. The lowest BCUT2D eigenvalue weighted by atomic mass is 10.2. The molecule has 118 valence electrons. The second kappa shape index (κ2) is 6.84. The highest BCUT2D eigenvalue weighted by atomic mass is 79.9. The van der Waals surface area contributed by atoms with Gasteiger partial charge in [-0.05, 0) is 12.1 Å². The molecule has 23 heavy (non-hydrogen) atoms. The predicted octanol–water partition coefficient (Wildman–Crippen LogP) is 2.14. The van der Waals surface area contributed by atoms with Gasteiger partial charge in [0.2, 0.25) is 11.1 Å². The van der Waals surface area contributed by atoms with Crippen LogP contribution in [0.1, 0.15) is 0 Å². The van der Waals surface area contributed by atoms with Crippen molar-refractivity contribution in [1.82, 2.24) is 20.0 Å². The van der Waals surface area contributed by atoms with Crippen LogP contribution in [0.2, 0.25) is 0 Å². The Kier molecular flexibility index (Phi) is 4.63. The van der Waals surface area contributed by atoms with Crippen molar-refractivity contribution < 1.29 is 9.32 Å². The molecule has 0 saturated carbocycles. The number of carbonyl (C=O) groups excluding carboxylic acids is 1. The van der Waals surface area contributed by atoms with Crippen LogP contribution in [0.15, 0.2) is 50.7 Å². The van der Waals surface area contributed by atoms with Crippen molar-refractivity contribution in [2.24, 2.45) is 0 Å². The van der Waals surface area contributed by atoms with Crippen LogP contribution in [-0.2, 0) is 4.79 Å². The van der Waals surface area contributed by atoms with Gasteiger partial charge < -0.3 is 15.7 Å². The van der Waals surface area contributed by atoms with Gasteiger partial charge in [0.05, 0.1) is 5.75 Å². The average molecular weight is 395 g/mol. The van der Waals surface area contributed by atoms with Gasteiger partial charge in [-0.15, -0.1) is 10.2 Å². The summed E-state index contributed by atoms with van der Waals surface area (Å²) in [6.45, 7) is 0. The molecule has 0 fully saturated rings. The van der Waals surface area contributed by atoms with E-state index in [0.717, 1.165) is 10.0 Å². The first-order valence-electron chi connectivity index (χ1n) is 6.43. The number of thioether (sulfide) groups is 1. The zero-order chi connectivity index (χ0) is 16.2. The number of anilines is 1. The second-order valence-electron chi connectivity index (χ2n) is 4.38. The summed E-state index contributed by atoms with van der Waals surface area (Å²) >= 11 is 4.63. The minimum absolute atomic E-state index is 0.123. The smallest absolute Gasteiger partial charge is 0.236 e. The summed E-state index contributed by atoms with van der Waals surface area (Å²) in [5.41, 5.74) is 0.821. The monoisotopic (exact) mass is 394 g/mol. The molecule has 1 amide bonds. The Balaban J connectivity index is 1.68. The molecule has 0 aliphatic heterocycles. The molecule has 1 aromatic carbocycles. The summed E-state index contributed by atoms with van der Waals surface area (Å²) in [5.74, 6) is 6.77. The summed E-state index contributed by atoms with van der Waals surface area (Å²) in [6.07, 6.45) is 1.38. The predicted molar refractivity (Wildman–Crippen MR) is 89.2 cm³/mol. The third-order valence-electron chi connectivity index (χ3n) is 2.82. The molecule has 0 atom stereocenters. The normalized spacial score (nSPS) is 10.7. The third-order valence-corrected chi connectivity index (χ3v) is 4.45. The summed E-state index contributed by atoms with van der Waals surface area (Å²) in [5, 5.41) is 14.7. The van der Waals surface area contributed by atoms with Crippen molar-refractivity contribution in [2.45, 2.75) is 5.16 Å². The van der Waals surface area contributed by atoms with Crippen LogP contribution in [0.5, 0.6) is 0 Å². The number of halogens is 1. The number of rotatable bonds is 5. The van der Waals surface area contributed by atoms with Gasteiger partial charge >= 0.3 is 0 Å². The second-order valence-corrected chi connectivity index (χ2v) is 6.17. The van der Waals surface area contributed by atoms with Crippen molar-refractivity contribution in [3.8, 4) is 11.4 Å². The van der Waals surface area contributed by atoms with Gasteiger partial charge in [-0.1, -0.05) is 45.0 Å². The molecule has 0 saturated heterocycles. The first-order valence-corrected chi connectivity index (χ1v) is 8.21. The quantitative estimate of drug-likeness (QED) is 0.503. The van der Waals surface area contributed by atoms with E-state index in [0.29, 0.717) is 16.8 Å². The fourth-order valence-corrected chi connectivity index (χ4v) is 2.91. The fraction of sp³-hybridized carbons (Fsp3) is 0.0769. The maximum absolute atomic E-state index is 11.8. The molecule has 0 aliphatic rings. The number of hydrogen-bond acceptors (Lipinski definition) is 7. The van der Waals surface area contributed by atoms with Gasteiger partial charge in [-0.25, -0.2) is 4.68 Å². The molecule has 0 radical (unpaired) electrons. The van der Waals surface area contributed by atoms with E-state index in [9.17, 15) is 4.79 Å². The third kappa shape index (κ3) is 3.54. The Morgan fingerprint density at radius 3 is 2.91 bits per heavy atom. The molecular weight excluding hydrogens is 384 g/mol. The van der Waals surface area contributed by atoms with Crippen LogP contribution >= 0.6 is 27.7 Å². The lowest BCUT2D eigenvalue weighted by Gasteiger charge is -2.05. The van der Waals surface area contributed by atoms with Crippen LogP contribution < -0.4 is 11.2 Å². The van der Waals surface area contributed by atoms with Crippen molar-refractivity contribution in [2.75, 3.05) is 16.9 Å². The Labute approximate surface area is 143 Å². The van der Waals surface area contributed by atoms with Gasteiger partial charge in [0.25, 0.3) is 0 Å². The first kappa shape index (κ1) is 15.6. The molecule has 3 N–H and O–H groups in total. The number of nitrogen functional groups attached to an aromatic ring is 1. The number of nitrogens with two attached hydrogens (primary N) is 1. The standard InChI is InChI=1S/C13H11BrN6O2S/c14-9-4-2-1-3-8(9)12-17-18-13(20(12)15)23-7-11(21)16-10-5-6-22-19-10/h1-6H,7,15H2,(H,16,19,21). The lowest BCUT2D eigenvalue weighted by Crippen LogP contribution is -2.16. The van der Waals surface area contributed by atoms with Crippen LogP contribution in [-0.4, -0.2) is 31.7 Å². The van der Waals surface area contributed by atoms with E-state index < -0.39 is 0 Å². The zero-order valence-electron chi connectivity index (χ0n) is 11.6. The zero-order valence-corrected chi connectivity index (χ0v) is 14.0. The van der Waals surface area contributed by atoms with Crippen LogP contribution in [0.3, 0.4) is 0 Å². The van der Waals surface area contributed by atoms with E-state index in [1.807, 2.05) is 24.3 Å². The molecule has 10 heteroatoms. The number of benzene rings is 1. The number of aromatic nitrogens is 4. The summed E-state index contributed by atoms with van der Waals surface area (Å²) < 4.78 is 6.85. The number of amides is 1. The van der Waals surface area contributed by atoms with Gasteiger partial charge in [0.1, 0.15) is 6.26 Å². The van der Waals surface area contributed by atoms with Gasteiger partial charge in [0.15, 0.2) is 11.6 Å². The largest absolute Gasteiger partial charge is 0.363 e. The molecular formula is C13H11BrN6O2S. The average Bonchev–Trinajstić information content (AvgIpc) is 3.16. The van der Waals surface area contributed by atoms with Crippen LogP contribution in [0, 0.1) is 0 Å². The number of hydrogen-bond donors (Lipinski definition) is 2. The number of nitrogens with one attached hydrogen (secondary N) is 1. The highest BCUT2D eigenvalue weighted by Gasteiger charge is 2.15. The Bertz CT molecular complexity index is 820. The first-order chi connectivity index (χ1) is 11.1. The van der Waals surface area contributed by atoms with E-state index in [2.05, 4.69) is 41.1 Å². The highest BCUT2D eigenvalue weighted by molar-refractivity contribution is 9.10. The molecule has 3 rings (SSSR count). The van der Waals surface area contributed by atoms with E-state index in [1.165, 1.54) is 22.7 Å². The van der Waals surface area contributed by atoms with Gasteiger partial charge in [-0.3, -0.25) is 4.79 Å². The number of nitrogens with zero attached hydrogens (tertiary/aromatic N) is 4. The van der Waals surface area contributed by atoms with E-state index in [4.69, 9.17) is 5.84 Å². The molecule has 0 aliphatic carbocycles. The minimum atomic E-state index is -0.241. The van der Waals surface area contributed by atoms with Gasteiger partial charge in [0, 0.05) is 16.1 Å². The van der Waals surface area contributed by atoms with Crippen LogP contribution in [0.25, 0.3) is 11.4 Å². The molecule has 3 aromatic rings. The highest BCUT2D eigenvalue weighted by Crippen LogP contribution is 2.27. The summed E-state index contributed by atoms with van der Waals surface area (Å²) in [4.78, 5) is 11.8. The van der Waals surface area contributed by atoms with Crippen LogP contribution in [0.4, 0.5) is 5.82 Å². The Morgan fingerprint density at radius 2 is 2.17 bits per heavy atom. The molecule has 0 bridgehead atoms. The van der Waals surface area contributed by atoms with E-state index >= 15 is 0 Å².